The van der Waals surface area contributed by atoms with Crippen LogP contribution in [0, 0.1) is 6.92 Å². The van der Waals surface area contributed by atoms with Crippen LogP contribution >= 0.6 is 22.9 Å². The van der Waals surface area contributed by atoms with Crippen molar-refractivity contribution in [2.24, 2.45) is 0 Å². The Morgan fingerprint density at radius 2 is 1.81 bits per heavy atom. The minimum absolute atomic E-state index is 0.00922. The highest BCUT2D eigenvalue weighted by atomic mass is 35.5. The molecule has 2 aromatic heterocycles. The van der Waals surface area contributed by atoms with Gasteiger partial charge in [0.1, 0.15) is 5.58 Å². The van der Waals surface area contributed by atoms with E-state index in [1.807, 2.05) is 25.1 Å². The summed E-state index contributed by atoms with van der Waals surface area (Å²) < 4.78 is 17.9. The number of nitrogens with zero attached hydrogens (tertiary/aromatic N) is 2. The quantitative estimate of drug-likeness (QED) is 0.284. The van der Waals surface area contributed by atoms with Gasteiger partial charge in [0.15, 0.2) is 22.1 Å². The fourth-order valence-corrected chi connectivity index (χ4v) is 5.87. The molecular weight excluding hydrogens is 500 g/mol. The smallest absolute Gasteiger partial charge is 0.297 e. The van der Waals surface area contributed by atoms with E-state index in [0.717, 1.165) is 15.8 Å². The fourth-order valence-electron chi connectivity index (χ4n) is 4.60. The molecule has 1 aliphatic heterocycles. The van der Waals surface area contributed by atoms with Crippen LogP contribution in [0.5, 0.6) is 11.5 Å². The molecule has 1 amide bonds. The number of rotatable bonds is 4. The molecule has 0 spiro atoms. The third-order valence-corrected chi connectivity index (χ3v) is 7.55. The van der Waals surface area contributed by atoms with Crippen LogP contribution in [0.4, 0.5) is 5.13 Å². The van der Waals surface area contributed by atoms with E-state index in [-0.39, 0.29) is 16.8 Å². The molecule has 9 heteroatoms. The molecule has 0 aliphatic carbocycles. The van der Waals surface area contributed by atoms with Crippen molar-refractivity contribution in [3.05, 3.63) is 92.3 Å². The average Bonchev–Trinajstić information content (AvgIpc) is 3.42. The zero-order valence-electron chi connectivity index (χ0n) is 19.5. The first-order chi connectivity index (χ1) is 17.4. The van der Waals surface area contributed by atoms with Gasteiger partial charge < -0.3 is 13.9 Å². The van der Waals surface area contributed by atoms with E-state index in [2.05, 4.69) is 0 Å². The predicted molar refractivity (Wildman–Crippen MR) is 140 cm³/mol. The van der Waals surface area contributed by atoms with Crippen LogP contribution in [0.1, 0.15) is 33.3 Å². The first kappa shape index (κ1) is 22.6. The van der Waals surface area contributed by atoms with Crippen molar-refractivity contribution in [1.29, 1.82) is 0 Å². The molecule has 3 aromatic carbocycles. The third-order valence-electron chi connectivity index (χ3n) is 6.29. The molecule has 6 rings (SSSR count). The van der Waals surface area contributed by atoms with Gasteiger partial charge in [-0.05, 0) is 60.5 Å². The standard InChI is InChI=1S/C27H19ClN2O5S/c1-13-4-7-17-21(10-13)36-27(29-17)30-23(14-5-8-19(33-2)20(11-14)34-3)22-24(31)16-12-15(28)6-9-18(16)35-25(22)26(30)32/h4-12,23H,1-3H3/t23-/m1/s1. The number of fused-ring (bicyclic) bond motifs is 3. The van der Waals surface area contributed by atoms with Gasteiger partial charge in [0.05, 0.1) is 41.4 Å². The lowest BCUT2D eigenvalue weighted by Crippen LogP contribution is -2.29. The summed E-state index contributed by atoms with van der Waals surface area (Å²) in [5, 5.41) is 1.18. The van der Waals surface area contributed by atoms with Gasteiger partial charge in [-0.15, -0.1) is 0 Å². The molecule has 1 aliphatic rings. The van der Waals surface area contributed by atoms with Gasteiger partial charge in [-0.2, -0.15) is 0 Å². The molecule has 1 atom stereocenters. The van der Waals surface area contributed by atoms with Crippen molar-refractivity contribution < 1.29 is 18.7 Å². The largest absolute Gasteiger partial charge is 0.493 e. The van der Waals surface area contributed by atoms with Crippen molar-refractivity contribution >= 4 is 55.2 Å². The van der Waals surface area contributed by atoms with Crippen molar-refractivity contribution in [2.75, 3.05) is 19.1 Å². The lowest BCUT2D eigenvalue weighted by atomic mass is 9.98. The second-order valence-electron chi connectivity index (χ2n) is 8.47. The fraction of sp³-hybridized carbons (Fsp3) is 0.148. The molecule has 0 N–H and O–H groups in total. The second kappa shape index (κ2) is 8.36. The van der Waals surface area contributed by atoms with E-state index >= 15 is 0 Å². The van der Waals surface area contributed by atoms with Crippen LogP contribution in [0.2, 0.25) is 5.02 Å². The number of carbonyl (C=O) groups excluding carboxylic acids is 1. The molecule has 7 nitrogen and oxygen atoms in total. The van der Waals surface area contributed by atoms with Gasteiger partial charge in [-0.1, -0.05) is 35.1 Å². The number of hydrogen-bond acceptors (Lipinski definition) is 7. The number of methoxy groups -OCH3 is 2. The summed E-state index contributed by atoms with van der Waals surface area (Å²) in [5.74, 6) is 0.564. The molecule has 5 aromatic rings. The van der Waals surface area contributed by atoms with Gasteiger partial charge in [0.2, 0.25) is 5.76 Å². The maximum absolute atomic E-state index is 13.8. The summed E-state index contributed by atoms with van der Waals surface area (Å²) in [6.07, 6.45) is 0. The number of amides is 1. The monoisotopic (exact) mass is 518 g/mol. The molecule has 0 radical (unpaired) electrons. The normalized spacial score (nSPS) is 15.1. The highest BCUT2D eigenvalue weighted by Gasteiger charge is 2.45. The minimum atomic E-state index is -0.784. The lowest BCUT2D eigenvalue weighted by Gasteiger charge is -2.23. The van der Waals surface area contributed by atoms with Crippen LogP contribution in [0.3, 0.4) is 0 Å². The summed E-state index contributed by atoms with van der Waals surface area (Å²) in [6.45, 7) is 2.00. The number of halogens is 1. The number of ether oxygens (including phenoxy) is 2. The minimum Gasteiger partial charge on any atom is -0.493 e. The Labute approximate surface area is 214 Å². The summed E-state index contributed by atoms with van der Waals surface area (Å²) in [5.41, 5.74) is 2.73. The Hall–Kier alpha value is -3.88. The Morgan fingerprint density at radius 1 is 1.00 bits per heavy atom. The Balaban J connectivity index is 1.64. The van der Waals surface area contributed by atoms with Crippen molar-refractivity contribution in [3.63, 3.8) is 0 Å². The molecule has 3 heterocycles. The number of hydrogen-bond donors (Lipinski definition) is 0. The summed E-state index contributed by atoms with van der Waals surface area (Å²) in [7, 11) is 3.08. The number of carbonyl (C=O) groups is 1. The Morgan fingerprint density at radius 3 is 2.58 bits per heavy atom. The molecule has 0 unspecified atom stereocenters. The number of aromatic nitrogens is 1. The van der Waals surface area contributed by atoms with Gasteiger partial charge in [0, 0.05) is 5.02 Å². The van der Waals surface area contributed by atoms with E-state index < -0.39 is 11.9 Å². The third kappa shape index (κ3) is 3.37. The topological polar surface area (TPSA) is 81.9 Å². The van der Waals surface area contributed by atoms with E-state index in [1.165, 1.54) is 23.3 Å². The van der Waals surface area contributed by atoms with Gasteiger partial charge in [-0.25, -0.2) is 4.98 Å². The molecule has 180 valence electrons. The van der Waals surface area contributed by atoms with Crippen LogP contribution in [-0.4, -0.2) is 25.1 Å². The van der Waals surface area contributed by atoms with E-state index in [0.29, 0.717) is 38.2 Å². The number of benzene rings is 3. The van der Waals surface area contributed by atoms with Crippen LogP contribution in [-0.2, 0) is 0 Å². The number of thiazole rings is 1. The first-order valence-electron chi connectivity index (χ1n) is 11.1. The maximum atomic E-state index is 13.8. The highest BCUT2D eigenvalue weighted by Crippen LogP contribution is 2.45. The van der Waals surface area contributed by atoms with Gasteiger partial charge in [-0.3, -0.25) is 14.5 Å². The number of aryl methyl sites for hydroxylation is 1. The van der Waals surface area contributed by atoms with Crippen molar-refractivity contribution in [3.8, 4) is 11.5 Å². The lowest BCUT2D eigenvalue weighted by molar-refractivity contribution is 0.0971. The zero-order valence-corrected chi connectivity index (χ0v) is 21.1. The summed E-state index contributed by atoms with van der Waals surface area (Å²) in [4.78, 5) is 33.9. The molecule has 0 fully saturated rings. The molecule has 36 heavy (non-hydrogen) atoms. The summed E-state index contributed by atoms with van der Waals surface area (Å²) >= 11 is 7.57. The van der Waals surface area contributed by atoms with Gasteiger partial charge >= 0.3 is 0 Å². The molecule has 0 saturated heterocycles. The second-order valence-corrected chi connectivity index (χ2v) is 9.92. The predicted octanol–water partition coefficient (Wildman–Crippen LogP) is 6.13. The Bertz CT molecular complexity index is 1760. The van der Waals surface area contributed by atoms with Crippen molar-refractivity contribution in [2.45, 2.75) is 13.0 Å². The Kier molecular flexibility index (Phi) is 5.24. The molecule has 0 bridgehead atoms. The van der Waals surface area contributed by atoms with E-state index in [9.17, 15) is 9.59 Å². The van der Waals surface area contributed by atoms with Gasteiger partial charge in [0.25, 0.3) is 5.91 Å². The molecule has 0 saturated carbocycles. The van der Waals surface area contributed by atoms with E-state index in [4.69, 9.17) is 30.5 Å². The van der Waals surface area contributed by atoms with Crippen molar-refractivity contribution in [1.82, 2.24) is 4.98 Å². The number of anilines is 1. The first-order valence-corrected chi connectivity index (χ1v) is 12.3. The molecular formula is C27H19ClN2O5S. The van der Waals surface area contributed by atoms with Crippen LogP contribution in [0.15, 0.2) is 63.8 Å². The zero-order chi connectivity index (χ0) is 25.1. The summed E-state index contributed by atoms with van der Waals surface area (Å²) in [6, 6.07) is 15.2. The SMILES string of the molecule is COc1ccc([C@@H]2c3c(oc4ccc(Cl)cc4c3=O)C(=O)N2c2nc3ccc(C)cc3s2)cc1OC. The average molecular weight is 519 g/mol. The van der Waals surface area contributed by atoms with Crippen LogP contribution in [0.25, 0.3) is 21.2 Å². The van der Waals surface area contributed by atoms with Crippen LogP contribution < -0.4 is 19.8 Å². The maximum Gasteiger partial charge on any atom is 0.297 e. The highest BCUT2D eigenvalue weighted by molar-refractivity contribution is 7.22. The van der Waals surface area contributed by atoms with E-state index in [1.54, 1.807) is 43.5 Å².